The molecule has 1 aliphatic rings. The lowest BCUT2D eigenvalue weighted by Crippen LogP contribution is -2.41. The van der Waals surface area contributed by atoms with Gasteiger partial charge in [0.05, 0.1) is 0 Å². The van der Waals surface area contributed by atoms with Gasteiger partial charge in [0.15, 0.2) is 0 Å². The second-order valence-corrected chi connectivity index (χ2v) is 4.73. The molecular weight excluding hydrogens is 214 g/mol. The summed E-state index contributed by atoms with van der Waals surface area (Å²) in [7, 11) is 0. The van der Waals surface area contributed by atoms with Gasteiger partial charge in [0.25, 0.3) is 0 Å². The van der Waals surface area contributed by atoms with Gasteiger partial charge in [-0.1, -0.05) is 24.3 Å². The van der Waals surface area contributed by atoms with Crippen LogP contribution in [-0.4, -0.2) is 35.1 Å². The van der Waals surface area contributed by atoms with E-state index in [4.69, 9.17) is 0 Å². The van der Waals surface area contributed by atoms with Crippen molar-refractivity contribution in [3.8, 4) is 0 Å². The zero-order chi connectivity index (χ0) is 12.3. The van der Waals surface area contributed by atoms with Crippen molar-refractivity contribution >= 4 is 5.97 Å². The van der Waals surface area contributed by atoms with Crippen LogP contribution in [0.3, 0.4) is 0 Å². The molecule has 0 aliphatic carbocycles. The third-order valence-corrected chi connectivity index (χ3v) is 3.54. The Morgan fingerprint density at radius 3 is 2.59 bits per heavy atom. The SMILES string of the molecule is Cc1ccccc1C[C@@H](C(=O)O)N1CCCC1. The first-order valence-corrected chi connectivity index (χ1v) is 6.20. The molecule has 0 radical (unpaired) electrons. The first-order chi connectivity index (χ1) is 8.18. The molecule has 1 atom stereocenters. The molecule has 0 saturated carbocycles. The summed E-state index contributed by atoms with van der Waals surface area (Å²) in [5.74, 6) is -0.699. The van der Waals surface area contributed by atoms with Gasteiger partial charge in [-0.05, 0) is 50.4 Å². The van der Waals surface area contributed by atoms with Crippen LogP contribution in [0.25, 0.3) is 0 Å². The monoisotopic (exact) mass is 233 g/mol. The van der Waals surface area contributed by atoms with Crippen molar-refractivity contribution in [3.63, 3.8) is 0 Å². The van der Waals surface area contributed by atoms with E-state index < -0.39 is 5.97 Å². The molecule has 1 aromatic carbocycles. The number of hydrogen-bond donors (Lipinski definition) is 1. The van der Waals surface area contributed by atoms with Gasteiger partial charge in [-0.15, -0.1) is 0 Å². The fraction of sp³-hybridized carbons (Fsp3) is 0.500. The van der Waals surface area contributed by atoms with E-state index in [9.17, 15) is 9.90 Å². The second kappa shape index (κ2) is 5.32. The van der Waals surface area contributed by atoms with E-state index in [1.54, 1.807) is 0 Å². The van der Waals surface area contributed by atoms with Crippen LogP contribution in [0.1, 0.15) is 24.0 Å². The van der Waals surface area contributed by atoms with Crippen LogP contribution >= 0.6 is 0 Å². The van der Waals surface area contributed by atoms with Gasteiger partial charge in [0, 0.05) is 0 Å². The topological polar surface area (TPSA) is 40.5 Å². The molecule has 92 valence electrons. The molecule has 3 nitrogen and oxygen atoms in total. The summed E-state index contributed by atoms with van der Waals surface area (Å²) in [5, 5.41) is 9.34. The number of likely N-dealkylation sites (tertiary alicyclic amines) is 1. The molecule has 0 unspecified atom stereocenters. The number of carboxylic acid groups (broad SMARTS) is 1. The molecule has 0 aromatic heterocycles. The highest BCUT2D eigenvalue weighted by atomic mass is 16.4. The van der Waals surface area contributed by atoms with Crippen LogP contribution in [0.15, 0.2) is 24.3 Å². The van der Waals surface area contributed by atoms with Crippen molar-refractivity contribution < 1.29 is 9.90 Å². The smallest absolute Gasteiger partial charge is 0.321 e. The average Bonchev–Trinajstić information content (AvgIpc) is 2.81. The van der Waals surface area contributed by atoms with E-state index in [0.29, 0.717) is 6.42 Å². The molecule has 1 aliphatic heterocycles. The minimum atomic E-state index is -0.699. The van der Waals surface area contributed by atoms with E-state index >= 15 is 0 Å². The lowest BCUT2D eigenvalue weighted by molar-refractivity contribution is -0.142. The first-order valence-electron chi connectivity index (χ1n) is 6.20. The zero-order valence-corrected chi connectivity index (χ0v) is 10.2. The summed E-state index contributed by atoms with van der Waals surface area (Å²) >= 11 is 0. The number of rotatable bonds is 4. The number of carboxylic acids is 1. The van der Waals surface area contributed by atoms with Gasteiger partial charge < -0.3 is 5.11 Å². The Hall–Kier alpha value is -1.35. The quantitative estimate of drug-likeness (QED) is 0.865. The van der Waals surface area contributed by atoms with Crippen LogP contribution in [0.4, 0.5) is 0 Å². The Morgan fingerprint density at radius 2 is 2.00 bits per heavy atom. The van der Waals surface area contributed by atoms with Crippen molar-refractivity contribution in [2.45, 2.75) is 32.2 Å². The van der Waals surface area contributed by atoms with Crippen LogP contribution in [0, 0.1) is 6.92 Å². The first kappa shape index (κ1) is 12.1. The summed E-state index contributed by atoms with van der Waals surface area (Å²) in [6.07, 6.45) is 2.86. The zero-order valence-electron chi connectivity index (χ0n) is 10.2. The Balaban J connectivity index is 2.12. The maximum atomic E-state index is 11.4. The standard InChI is InChI=1S/C14H19NO2/c1-11-6-2-3-7-12(11)10-13(14(16)17)15-8-4-5-9-15/h2-3,6-7,13H,4-5,8-10H2,1H3,(H,16,17)/t13-/m0/s1. The molecule has 17 heavy (non-hydrogen) atoms. The lowest BCUT2D eigenvalue weighted by atomic mass is 10.0. The fourth-order valence-corrected chi connectivity index (χ4v) is 2.47. The lowest BCUT2D eigenvalue weighted by Gasteiger charge is -2.24. The third kappa shape index (κ3) is 2.86. The molecule has 3 heteroatoms. The normalized spacial score (nSPS) is 18.2. The molecule has 1 heterocycles. The van der Waals surface area contributed by atoms with Crippen molar-refractivity contribution in [1.82, 2.24) is 4.90 Å². The summed E-state index contributed by atoms with van der Waals surface area (Å²) in [6, 6.07) is 7.67. The van der Waals surface area contributed by atoms with Gasteiger partial charge in [-0.25, -0.2) is 0 Å². The number of aryl methyl sites for hydroxylation is 1. The fourth-order valence-electron chi connectivity index (χ4n) is 2.47. The average molecular weight is 233 g/mol. The van der Waals surface area contributed by atoms with Gasteiger partial charge in [0.2, 0.25) is 0 Å². The molecular formula is C14H19NO2. The Bertz CT molecular complexity index is 397. The predicted octanol–water partition coefficient (Wildman–Crippen LogP) is 2.09. The van der Waals surface area contributed by atoms with Gasteiger partial charge in [-0.2, -0.15) is 0 Å². The largest absolute Gasteiger partial charge is 0.480 e. The van der Waals surface area contributed by atoms with Gasteiger partial charge in [0.1, 0.15) is 6.04 Å². The van der Waals surface area contributed by atoms with E-state index in [1.807, 2.05) is 31.2 Å². The number of nitrogens with zero attached hydrogens (tertiary/aromatic N) is 1. The van der Waals surface area contributed by atoms with Crippen molar-refractivity contribution in [2.75, 3.05) is 13.1 Å². The van der Waals surface area contributed by atoms with Crippen LogP contribution in [-0.2, 0) is 11.2 Å². The Morgan fingerprint density at radius 1 is 1.35 bits per heavy atom. The maximum Gasteiger partial charge on any atom is 0.321 e. The number of benzene rings is 1. The van der Waals surface area contributed by atoms with E-state index in [1.165, 1.54) is 5.56 Å². The molecule has 1 N–H and O–H groups in total. The summed E-state index contributed by atoms with van der Waals surface area (Å²) < 4.78 is 0. The molecule has 0 amide bonds. The number of hydrogen-bond acceptors (Lipinski definition) is 2. The van der Waals surface area contributed by atoms with E-state index in [0.717, 1.165) is 31.5 Å². The van der Waals surface area contributed by atoms with Gasteiger partial charge >= 0.3 is 5.97 Å². The highest BCUT2D eigenvalue weighted by Crippen LogP contribution is 2.17. The molecule has 0 spiro atoms. The van der Waals surface area contributed by atoms with Crippen molar-refractivity contribution in [2.24, 2.45) is 0 Å². The molecule has 1 saturated heterocycles. The third-order valence-electron chi connectivity index (χ3n) is 3.54. The van der Waals surface area contributed by atoms with E-state index in [-0.39, 0.29) is 6.04 Å². The van der Waals surface area contributed by atoms with Crippen LogP contribution in [0.5, 0.6) is 0 Å². The molecule has 1 aromatic rings. The Kier molecular flexibility index (Phi) is 3.79. The highest BCUT2D eigenvalue weighted by molar-refractivity contribution is 5.74. The van der Waals surface area contributed by atoms with Crippen molar-refractivity contribution in [3.05, 3.63) is 35.4 Å². The molecule has 0 bridgehead atoms. The maximum absolute atomic E-state index is 11.4. The number of carbonyl (C=O) groups is 1. The minimum Gasteiger partial charge on any atom is -0.480 e. The summed E-state index contributed by atoms with van der Waals surface area (Å²) in [6.45, 7) is 3.88. The highest BCUT2D eigenvalue weighted by Gasteiger charge is 2.28. The Labute approximate surface area is 102 Å². The summed E-state index contributed by atoms with van der Waals surface area (Å²) in [4.78, 5) is 13.5. The second-order valence-electron chi connectivity index (χ2n) is 4.73. The molecule has 2 rings (SSSR count). The molecule has 1 fully saturated rings. The summed E-state index contributed by atoms with van der Waals surface area (Å²) in [5.41, 5.74) is 2.32. The van der Waals surface area contributed by atoms with Gasteiger partial charge in [-0.3, -0.25) is 9.69 Å². The van der Waals surface area contributed by atoms with E-state index in [2.05, 4.69) is 4.90 Å². The number of aliphatic carboxylic acids is 1. The van der Waals surface area contributed by atoms with Crippen molar-refractivity contribution in [1.29, 1.82) is 0 Å². The minimum absolute atomic E-state index is 0.362. The van der Waals surface area contributed by atoms with Crippen LogP contribution < -0.4 is 0 Å². The predicted molar refractivity (Wildman–Crippen MR) is 67.1 cm³/mol. The van der Waals surface area contributed by atoms with Crippen LogP contribution in [0.2, 0.25) is 0 Å².